The van der Waals surface area contributed by atoms with Crippen LogP contribution >= 0.6 is 11.8 Å². The van der Waals surface area contributed by atoms with Gasteiger partial charge < -0.3 is 19.1 Å². The van der Waals surface area contributed by atoms with Crippen molar-refractivity contribution in [3.05, 3.63) is 135 Å². The van der Waals surface area contributed by atoms with Gasteiger partial charge in [-0.05, 0) is 66.7 Å². The van der Waals surface area contributed by atoms with Crippen molar-refractivity contribution in [2.24, 2.45) is 0 Å². The largest absolute Gasteiger partial charge is 0.416 e. The number of carbonyl (C=O) groups is 1. The molecule has 0 atom stereocenters. The van der Waals surface area contributed by atoms with Crippen LogP contribution in [0.1, 0.15) is 48.8 Å². The van der Waals surface area contributed by atoms with Gasteiger partial charge in [0.25, 0.3) is 0 Å². The van der Waals surface area contributed by atoms with Crippen LogP contribution in [0.4, 0.5) is 22.0 Å². The molecule has 1 aliphatic rings. The number of thioether (sulfide) groups is 1. The smallest absolute Gasteiger partial charge is 0.383 e. The molecule has 0 unspecified atom stereocenters. The van der Waals surface area contributed by atoms with Crippen LogP contribution in [-0.4, -0.2) is 59.6 Å². The van der Waals surface area contributed by atoms with E-state index < -0.39 is 102 Å². The molecule has 12 heteroatoms. The molecule has 6 rings (SSSR count). The molecule has 0 radical (unpaired) electrons. The minimum absolute atomic E-state index is 0.0636. The fourth-order valence-corrected chi connectivity index (χ4v) is 6.89. The Bertz CT molecular complexity index is 2610. The van der Waals surface area contributed by atoms with Gasteiger partial charge in [0.2, 0.25) is 5.91 Å². The van der Waals surface area contributed by atoms with Crippen LogP contribution in [0.2, 0.25) is 0 Å². The molecule has 4 aromatic carbocycles. The molecule has 0 saturated carbocycles. The number of ether oxygens (including phenoxy) is 1. The summed E-state index contributed by atoms with van der Waals surface area (Å²) >= 11 is 0.646. The topological polar surface area (TPSA) is 54.8 Å². The van der Waals surface area contributed by atoms with Gasteiger partial charge in [-0.15, -0.1) is 11.8 Å². The van der Waals surface area contributed by atoms with Gasteiger partial charge in [0, 0.05) is 64.7 Å². The van der Waals surface area contributed by atoms with Gasteiger partial charge in [-0.1, -0.05) is 60.1 Å². The maximum Gasteiger partial charge on any atom is 0.416 e. The monoisotopic (exact) mass is 759 g/mol. The van der Waals surface area contributed by atoms with E-state index in [1.54, 1.807) is 0 Å². The molecule has 53 heavy (non-hydrogen) atoms. The highest BCUT2D eigenvalue weighted by atomic mass is 32.2. The van der Waals surface area contributed by atoms with Crippen molar-refractivity contribution >= 4 is 28.6 Å². The number of fused-ring (bicyclic) bond motifs is 1. The third-order valence-corrected chi connectivity index (χ3v) is 9.71. The molecule has 1 aromatic heterocycles. The van der Waals surface area contributed by atoms with Crippen LogP contribution in [-0.2, 0) is 34.5 Å². The van der Waals surface area contributed by atoms with E-state index in [2.05, 4.69) is 0 Å². The summed E-state index contributed by atoms with van der Waals surface area (Å²) in [5, 5.41) is -0.796. The third-order valence-electron chi connectivity index (χ3n) is 8.65. The molecule has 0 aliphatic carbocycles. The highest BCUT2D eigenvalue weighted by Crippen LogP contribution is 2.32. The van der Waals surface area contributed by atoms with E-state index in [4.69, 9.17) is 15.7 Å². The fourth-order valence-electron chi connectivity index (χ4n) is 5.90. The second-order valence-corrected chi connectivity index (χ2v) is 13.2. The number of rotatable bonds is 12. The molecule has 2 heterocycles. The SMILES string of the molecule is [2H]c1c(C)c([2H])c2c(=O)c([2H])c(SCc3cccc(F)c3F)n(CC(=O)N(C3CCN(C([2H])([2H])C([2H])([2H])OC)CC3)C([2H])([2H])c3ccc(-c4ccc(C(F)(F)F)cc4)cc3)c2c1[2H]. The number of methoxy groups -OCH3 is 1. The first-order valence-electron chi connectivity index (χ1n) is 21.4. The average molecular weight is 760 g/mol. The van der Waals surface area contributed by atoms with E-state index in [1.807, 2.05) is 0 Å². The van der Waals surface area contributed by atoms with Crippen LogP contribution in [0, 0.1) is 18.6 Å². The Morgan fingerprint density at radius 2 is 1.68 bits per heavy atom. The Labute approximate surface area is 323 Å². The number of alkyl halides is 3. The molecule has 1 saturated heterocycles. The Hall–Kier alpha value is -4.52. The Morgan fingerprint density at radius 3 is 2.34 bits per heavy atom. The molecule has 278 valence electrons. The van der Waals surface area contributed by atoms with E-state index in [9.17, 15) is 29.5 Å². The van der Waals surface area contributed by atoms with Gasteiger partial charge in [-0.25, -0.2) is 8.78 Å². The van der Waals surface area contributed by atoms with E-state index in [1.165, 1.54) is 55.5 Å². The Morgan fingerprint density at radius 1 is 1.00 bits per heavy atom. The molecule has 0 spiro atoms. The first kappa shape index (κ1) is 27.1. The van der Waals surface area contributed by atoms with Crippen molar-refractivity contribution in [2.45, 2.75) is 55.8 Å². The quantitative estimate of drug-likeness (QED) is 0.0942. The zero-order valence-corrected chi connectivity index (χ0v) is 29.4. The van der Waals surface area contributed by atoms with Crippen LogP contribution in [0.5, 0.6) is 0 Å². The number of piperidine rings is 1. The van der Waals surface area contributed by atoms with Gasteiger partial charge >= 0.3 is 6.18 Å². The number of benzene rings is 4. The van der Waals surface area contributed by atoms with Gasteiger partial charge in [0.1, 0.15) is 6.54 Å². The number of halogens is 5. The summed E-state index contributed by atoms with van der Waals surface area (Å²) in [6.45, 7) is -8.10. The lowest BCUT2D eigenvalue weighted by atomic mass is 10.00. The molecule has 1 fully saturated rings. The van der Waals surface area contributed by atoms with Gasteiger partial charge in [-0.2, -0.15) is 13.2 Å². The first-order valence-corrected chi connectivity index (χ1v) is 17.4. The summed E-state index contributed by atoms with van der Waals surface area (Å²) < 4.78 is 162. The summed E-state index contributed by atoms with van der Waals surface area (Å²) in [5.41, 5.74) is -1.85. The zero-order chi connectivity index (χ0) is 46.6. The number of carbonyl (C=O) groups excluding carboxylic acids is 1. The van der Waals surface area contributed by atoms with Crippen LogP contribution in [0.25, 0.3) is 22.0 Å². The summed E-state index contributed by atoms with van der Waals surface area (Å²) in [6, 6.07) is 9.91. The van der Waals surface area contributed by atoms with E-state index in [0.29, 0.717) is 22.9 Å². The molecule has 5 aromatic rings. The van der Waals surface area contributed by atoms with Crippen LogP contribution < -0.4 is 5.43 Å². The minimum atomic E-state index is -4.57. The van der Waals surface area contributed by atoms with Crippen LogP contribution in [0.3, 0.4) is 0 Å². The van der Waals surface area contributed by atoms with Gasteiger partial charge in [-0.3, -0.25) is 9.59 Å². The Balaban J connectivity index is 1.47. The predicted molar refractivity (Wildman–Crippen MR) is 198 cm³/mol. The number of aromatic nitrogens is 1. The zero-order valence-electron chi connectivity index (χ0n) is 38.5. The summed E-state index contributed by atoms with van der Waals surface area (Å²) in [4.78, 5) is 30.9. The second-order valence-electron chi connectivity index (χ2n) is 12.2. The molecular weight excluding hydrogens is 710 g/mol. The van der Waals surface area contributed by atoms with E-state index in [-0.39, 0.29) is 53.4 Å². The van der Waals surface area contributed by atoms with E-state index >= 15 is 4.79 Å². The van der Waals surface area contributed by atoms with Crippen LogP contribution in [0.15, 0.2) is 101 Å². The summed E-state index contributed by atoms with van der Waals surface area (Å²) in [7, 11) is 1.00. The van der Waals surface area contributed by atoms with Crippen molar-refractivity contribution in [3.8, 4) is 11.1 Å². The Kier molecular flexibility index (Phi) is 8.52. The average Bonchev–Trinajstić information content (AvgIpc) is 3.24. The molecule has 0 bridgehead atoms. The third kappa shape index (κ3) is 9.17. The fraction of sp³-hybridized carbons (Fsp3) is 0.317. The maximum absolute atomic E-state index is 15.0. The first-order chi connectivity index (χ1) is 29.3. The van der Waals surface area contributed by atoms with Crippen molar-refractivity contribution < 1.29 is 45.2 Å². The number of hydrogen-bond acceptors (Lipinski definition) is 5. The number of likely N-dealkylation sites (tertiary alicyclic amines) is 1. The maximum atomic E-state index is 15.0. The lowest BCUT2D eigenvalue weighted by Gasteiger charge is -2.39. The normalized spacial score (nSPS) is 17.7. The minimum Gasteiger partial charge on any atom is -0.383 e. The highest BCUT2D eigenvalue weighted by Gasteiger charge is 2.31. The van der Waals surface area contributed by atoms with E-state index in [0.717, 1.165) is 39.7 Å². The molecule has 1 aliphatic heterocycles. The highest BCUT2D eigenvalue weighted by molar-refractivity contribution is 7.98. The number of amides is 1. The van der Waals surface area contributed by atoms with Crippen molar-refractivity contribution in [1.29, 1.82) is 0 Å². The molecule has 1 amide bonds. The van der Waals surface area contributed by atoms with Crippen molar-refractivity contribution in [2.75, 3.05) is 33.3 Å². The standard InChI is InChI=1S/C41H40F5N3O3S/c1-27-6-15-36-34(22-27)37(50)23-39(53-26-31-4-3-5-35(42)40(31)43)49(36)25-38(51)48(33-16-18-47(19-17-33)20-21-52-2)24-28-7-9-29(10-8-28)30-11-13-32(14-12-30)41(44,45)46/h3-15,22-23,33H,16-21,24-26H2,1-2H3/i6D,15D,20D2,21D2,22D,23D,24D2. The molecule has 0 N–H and O–H groups in total. The molecular formula is C41H40F5N3O3S. The number of pyridine rings is 1. The lowest BCUT2D eigenvalue weighted by Crippen LogP contribution is -2.48. The second kappa shape index (κ2) is 16.7. The number of hydrogen-bond donors (Lipinski definition) is 0. The lowest BCUT2D eigenvalue weighted by molar-refractivity contribution is -0.137. The van der Waals surface area contributed by atoms with Gasteiger partial charge in [0.15, 0.2) is 17.1 Å². The predicted octanol–water partition coefficient (Wildman–Crippen LogP) is 8.71. The van der Waals surface area contributed by atoms with Crippen molar-refractivity contribution in [3.63, 3.8) is 0 Å². The van der Waals surface area contributed by atoms with Crippen molar-refractivity contribution in [1.82, 2.24) is 14.4 Å². The summed E-state index contributed by atoms with van der Waals surface area (Å²) in [5.74, 6) is -3.78. The number of nitrogens with zero attached hydrogens (tertiary/aromatic N) is 3. The molecule has 6 nitrogen and oxygen atoms in total. The summed E-state index contributed by atoms with van der Waals surface area (Å²) in [6.07, 6.45) is -4.79. The van der Waals surface area contributed by atoms with Gasteiger partial charge in [0.05, 0.1) is 33.6 Å².